The molecule has 0 aliphatic carbocycles. The van der Waals surface area contributed by atoms with Crippen molar-refractivity contribution in [2.45, 2.75) is 6.92 Å². The first kappa shape index (κ1) is 8.74. The summed E-state index contributed by atoms with van der Waals surface area (Å²) in [7, 11) is 0. The number of nitrogens with zero attached hydrogens (tertiary/aromatic N) is 1. The Morgan fingerprint density at radius 3 is 2.71 bits per heavy atom. The Morgan fingerprint density at radius 1 is 1.36 bits per heavy atom. The number of hydrogen-bond donors (Lipinski definition) is 1. The van der Waals surface area contributed by atoms with Crippen LogP contribution in [0.5, 0.6) is 5.75 Å². The molecule has 1 heterocycles. The molecule has 2 rings (SSSR count). The van der Waals surface area contributed by atoms with E-state index < -0.39 is 11.7 Å². The summed E-state index contributed by atoms with van der Waals surface area (Å²) in [4.78, 5) is 24.2. The van der Waals surface area contributed by atoms with E-state index in [9.17, 15) is 14.7 Å². The summed E-state index contributed by atoms with van der Waals surface area (Å²) >= 11 is 0. The molecule has 0 aromatic heterocycles. The molecule has 0 saturated carbocycles. The van der Waals surface area contributed by atoms with Gasteiger partial charge in [-0.2, -0.15) is 0 Å². The maximum Gasteiger partial charge on any atom is 0.299 e. The van der Waals surface area contributed by atoms with Crippen LogP contribution in [0.4, 0.5) is 5.69 Å². The number of carbonyl (C=O) groups is 2. The van der Waals surface area contributed by atoms with Gasteiger partial charge in [-0.15, -0.1) is 0 Å². The second kappa shape index (κ2) is 2.83. The minimum absolute atomic E-state index is 0.00264. The van der Waals surface area contributed by atoms with Gasteiger partial charge in [0.2, 0.25) is 0 Å². The van der Waals surface area contributed by atoms with Gasteiger partial charge in [-0.25, -0.2) is 0 Å². The van der Waals surface area contributed by atoms with Crippen LogP contribution in [0.1, 0.15) is 17.3 Å². The second-order valence-electron chi connectivity index (χ2n) is 3.08. The van der Waals surface area contributed by atoms with Crippen LogP contribution in [-0.4, -0.2) is 23.3 Å². The van der Waals surface area contributed by atoms with Gasteiger partial charge in [0, 0.05) is 6.54 Å². The van der Waals surface area contributed by atoms with E-state index in [0.717, 1.165) is 0 Å². The van der Waals surface area contributed by atoms with Crippen molar-refractivity contribution in [3.05, 3.63) is 23.8 Å². The highest BCUT2D eigenvalue weighted by molar-refractivity contribution is 6.52. The normalized spacial score (nSPS) is 14.8. The molecule has 0 atom stereocenters. The molecule has 1 amide bonds. The molecule has 0 radical (unpaired) electrons. The van der Waals surface area contributed by atoms with Crippen LogP contribution >= 0.6 is 0 Å². The van der Waals surface area contributed by atoms with Gasteiger partial charge < -0.3 is 10.0 Å². The van der Waals surface area contributed by atoms with Crippen LogP contribution in [0, 0.1) is 0 Å². The van der Waals surface area contributed by atoms with E-state index in [4.69, 9.17) is 0 Å². The fourth-order valence-corrected chi connectivity index (χ4v) is 1.60. The average molecular weight is 191 g/mol. The molecule has 1 aromatic carbocycles. The van der Waals surface area contributed by atoms with Gasteiger partial charge in [0.1, 0.15) is 5.75 Å². The van der Waals surface area contributed by atoms with Crippen molar-refractivity contribution in [3.63, 3.8) is 0 Å². The number of phenols is 1. The topological polar surface area (TPSA) is 57.6 Å². The van der Waals surface area contributed by atoms with Crippen molar-refractivity contribution in [3.8, 4) is 5.75 Å². The molecule has 0 bridgehead atoms. The molecular formula is C10H9NO3. The smallest absolute Gasteiger partial charge is 0.299 e. The Kier molecular flexibility index (Phi) is 1.77. The number of fused-ring (bicyclic) bond motifs is 1. The molecule has 1 aliphatic heterocycles. The molecule has 1 aromatic rings. The summed E-state index contributed by atoms with van der Waals surface area (Å²) in [6.07, 6.45) is 0. The summed E-state index contributed by atoms with van der Waals surface area (Å²) in [5, 5.41) is 9.18. The van der Waals surface area contributed by atoms with Crippen LogP contribution in [0.15, 0.2) is 18.2 Å². The first-order valence-corrected chi connectivity index (χ1v) is 4.34. The van der Waals surface area contributed by atoms with Crippen molar-refractivity contribution in [2.24, 2.45) is 0 Å². The van der Waals surface area contributed by atoms with Crippen LogP contribution in [0.25, 0.3) is 0 Å². The molecule has 14 heavy (non-hydrogen) atoms. The van der Waals surface area contributed by atoms with E-state index >= 15 is 0 Å². The number of aromatic hydroxyl groups is 1. The molecule has 0 spiro atoms. The Labute approximate surface area is 80.8 Å². The lowest BCUT2D eigenvalue weighted by molar-refractivity contribution is -0.114. The third kappa shape index (κ3) is 1.00. The lowest BCUT2D eigenvalue weighted by Gasteiger charge is -2.12. The van der Waals surface area contributed by atoms with E-state index in [2.05, 4.69) is 0 Å². The van der Waals surface area contributed by atoms with Crippen molar-refractivity contribution in [1.29, 1.82) is 0 Å². The average Bonchev–Trinajstić information content (AvgIpc) is 2.41. The third-order valence-corrected chi connectivity index (χ3v) is 2.27. The fourth-order valence-electron chi connectivity index (χ4n) is 1.60. The monoisotopic (exact) mass is 191 g/mol. The predicted molar refractivity (Wildman–Crippen MR) is 50.5 cm³/mol. The number of amides is 1. The number of likely N-dealkylation sites (N-methyl/N-ethyl adjacent to an activating group) is 1. The number of phenolic OH excluding ortho intramolecular Hbond substituents is 1. The molecule has 1 N–H and O–H groups in total. The van der Waals surface area contributed by atoms with Crippen molar-refractivity contribution in [2.75, 3.05) is 11.4 Å². The number of benzene rings is 1. The highest BCUT2D eigenvalue weighted by atomic mass is 16.3. The Bertz CT molecular complexity index is 425. The van der Waals surface area contributed by atoms with Crippen LogP contribution in [0.2, 0.25) is 0 Å². The second-order valence-corrected chi connectivity index (χ2v) is 3.08. The van der Waals surface area contributed by atoms with Crippen molar-refractivity contribution >= 4 is 17.4 Å². The number of ketones is 1. The van der Waals surface area contributed by atoms with Gasteiger partial charge in [0.05, 0.1) is 11.3 Å². The van der Waals surface area contributed by atoms with Gasteiger partial charge in [-0.1, -0.05) is 0 Å². The predicted octanol–water partition coefficient (Wildman–Crippen LogP) is 0.941. The molecule has 4 heteroatoms. The number of hydrogen-bond acceptors (Lipinski definition) is 3. The maximum atomic E-state index is 11.4. The molecule has 0 unspecified atom stereocenters. The summed E-state index contributed by atoms with van der Waals surface area (Å²) in [5.41, 5.74) is 0.872. The lowest BCUT2D eigenvalue weighted by atomic mass is 10.1. The van der Waals surface area contributed by atoms with Crippen LogP contribution in [-0.2, 0) is 4.79 Å². The molecular weight excluding hydrogens is 182 g/mol. The molecule has 0 fully saturated rings. The SMILES string of the molecule is CCN1C(=O)C(=O)c2cc(O)ccc21. The Hall–Kier alpha value is -1.84. The molecule has 4 nitrogen and oxygen atoms in total. The van der Waals surface area contributed by atoms with Gasteiger partial charge in [-0.05, 0) is 25.1 Å². The quantitative estimate of drug-likeness (QED) is 0.672. The van der Waals surface area contributed by atoms with Gasteiger partial charge in [0.15, 0.2) is 0 Å². The van der Waals surface area contributed by atoms with Gasteiger partial charge >= 0.3 is 0 Å². The summed E-state index contributed by atoms with van der Waals surface area (Å²) in [6, 6.07) is 4.37. The molecule has 72 valence electrons. The zero-order valence-electron chi connectivity index (χ0n) is 7.65. The zero-order chi connectivity index (χ0) is 10.3. The zero-order valence-corrected chi connectivity index (χ0v) is 7.65. The van der Waals surface area contributed by atoms with Gasteiger partial charge in [-0.3, -0.25) is 9.59 Å². The Morgan fingerprint density at radius 2 is 2.07 bits per heavy atom. The first-order chi connectivity index (χ1) is 6.65. The number of anilines is 1. The van der Waals surface area contributed by atoms with Crippen LogP contribution in [0.3, 0.4) is 0 Å². The largest absolute Gasteiger partial charge is 0.508 e. The lowest BCUT2D eigenvalue weighted by Crippen LogP contribution is -2.29. The first-order valence-electron chi connectivity index (χ1n) is 4.34. The van der Waals surface area contributed by atoms with Crippen LogP contribution < -0.4 is 4.90 Å². The van der Waals surface area contributed by atoms with Crippen molar-refractivity contribution < 1.29 is 14.7 Å². The minimum atomic E-state index is -0.544. The molecule has 0 saturated heterocycles. The van der Waals surface area contributed by atoms with Crippen molar-refractivity contribution in [1.82, 2.24) is 0 Å². The standard InChI is InChI=1S/C10H9NO3/c1-2-11-8-4-3-6(12)5-7(8)9(13)10(11)14/h3-5,12H,2H2,1H3. The number of carbonyl (C=O) groups excluding carboxylic acids is 2. The highest BCUT2D eigenvalue weighted by Gasteiger charge is 2.34. The summed E-state index contributed by atoms with van der Waals surface area (Å²) in [5.74, 6) is -1.06. The fraction of sp³-hybridized carbons (Fsp3) is 0.200. The molecule has 1 aliphatic rings. The van der Waals surface area contributed by atoms with E-state index in [-0.39, 0.29) is 11.3 Å². The summed E-state index contributed by atoms with van der Waals surface area (Å²) < 4.78 is 0. The maximum absolute atomic E-state index is 11.4. The Balaban J connectivity index is 2.61. The van der Waals surface area contributed by atoms with Gasteiger partial charge in [0.25, 0.3) is 11.7 Å². The van der Waals surface area contributed by atoms with E-state index in [1.54, 1.807) is 13.0 Å². The number of rotatable bonds is 1. The third-order valence-electron chi connectivity index (χ3n) is 2.27. The van der Waals surface area contributed by atoms with E-state index in [1.807, 2.05) is 0 Å². The highest BCUT2D eigenvalue weighted by Crippen LogP contribution is 2.31. The van der Waals surface area contributed by atoms with E-state index in [0.29, 0.717) is 12.2 Å². The number of Topliss-reactive ketones (excluding diaryl/α,β-unsaturated/α-hetero) is 1. The van der Waals surface area contributed by atoms with E-state index in [1.165, 1.54) is 17.0 Å². The minimum Gasteiger partial charge on any atom is -0.508 e. The summed E-state index contributed by atoms with van der Waals surface area (Å²) in [6.45, 7) is 2.26.